The van der Waals surface area contributed by atoms with Crippen molar-refractivity contribution in [1.29, 1.82) is 0 Å². The highest BCUT2D eigenvalue weighted by atomic mass is 19.1. The highest BCUT2D eigenvalue weighted by molar-refractivity contribution is 5.99. The molecule has 1 aliphatic heterocycles. The Balaban J connectivity index is 2.37. The highest BCUT2D eigenvalue weighted by Crippen LogP contribution is 2.33. The minimum Gasteiger partial charge on any atom is -0.371 e. The number of benzene rings is 1. The molecule has 98 valence electrons. The van der Waals surface area contributed by atoms with Crippen LogP contribution in [0.3, 0.4) is 0 Å². The van der Waals surface area contributed by atoms with Gasteiger partial charge in [-0.15, -0.1) is 0 Å². The Morgan fingerprint density at radius 1 is 1.44 bits per heavy atom. The van der Waals surface area contributed by atoms with E-state index in [-0.39, 0.29) is 17.6 Å². The largest absolute Gasteiger partial charge is 0.371 e. The first kappa shape index (κ1) is 12.8. The van der Waals surface area contributed by atoms with Crippen LogP contribution < -0.4 is 15.5 Å². The summed E-state index contributed by atoms with van der Waals surface area (Å²) in [5.74, 6) is -0.508. The van der Waals surface area contributed by atoms with Crippen LogP contribution >= 0.6 is 0 Å². The molecule has 2 N–H and O–H groups in total. The maximum absolute atomic E-state index is 13.3. The third-order valence-electron chi connectivity index (χ3n) is 3.34. The SMILES string of the molecule is CC(CN)C(=O)N1CCN(C)c2cc(F)ccc21. The van der Waals surface area contributed by atoms with Gasteiger partial charge in [-0.1, -0.05) is 6.92 Å². The topological polar surface area (TPSA) is 49.6 Å². The lowest BCUT2D eigenvalue weighted by Crippen LogP contribution is -2.46. The van der Waals surface area contributed by atoms with Crippen molar-refractivity contribution in [2.45, 2.75) is 6.92 Å². The number of carbonyl (C=O) groups excluding carboxylic acids is 1. The second-order valence-corrected chi connectivity index (χ2v) is 4.68. The van der Waals surface area contributed by atoms with Crippen molar-refractivity contribution in [3.05, 3.63) is 24.0 Å². The number of carbonyl (C=O) groups is 1. The molecular weight excluding hydrogens is 233 g/mol. The molecule has 0 saturated carbocycles. The molecule has 0 aliphatic carbocycles. The van der Waals surface area contributed by atoms with Gasteiger partial charge in [-0.05, 0) is 18.2 Å². The summed E-state index contributed by atoms with van der Waals surface area (Å²) in [6, 6.07) is 4.49. The van der Waals surface area contributed by atoms with E-state index in [4.69, 9.17) is 5.73 Å². The molecule has 18 heavy (non-hydrogen) atoms. The second-order valence-electron chi connectivity index (χ2n) is 4.68. The van der Waals surface area contributed by atoms with Crippen molar-refractivity contribution in [1.82, 2.24) is 0 Å². The maximum atomic E-state index is 13.3. The summed E-state index contributed by atoms with van der Waals surface area (Å²) in [6.07, 6.45) is 0. The molecule has 2 rings (SSSR count). The number of nitrogens with two attached hydrogens (primary N) is 1. The fourth-order valence-electron chi connectivity index (χ4n) is 2.12. The third kappa shape index (κ3) is 2.18. The first-order valence-corrected chi connectivity index (χ1v) is 6.06. The molecule has 0 aromatic heterocycles. The Bertz CT molecular complexity index is 464. The van der Waals surface area contributed by atoms with E-state index in [0.717, 1.165) is 11.4 Å². The normalized spacial score (nSPS) is 16.4. The van der Waals surface area contributed by atoms with Gasteiger partial charge in [-0.2, -0.15) is 0 Å². The lowest BCUT2D eigenvalue weighted by Gasteiger charge is -2.36. The third-order valence-corrected chi connectivity index (χ3v) is 3.34. The van der Waals surface area contributed by atoms with Crippen LogP contribution in [-0.4, -0.2) is 32.6 Å². The molecule has 1 atom stereocenters. The number of halogens is 1. The minimum atomic E-state index is -0.290. The van der Waals surface area contributed by atoms with E-state index < -0.39 is 0 Å². The zero-order chi connectivity index (χ0) is 13.3. The number of fused-ring (bicyclic) bond motifs is 1. The number of hydrogen-bond acceptors (Lipinski definition) is 3. The van der Waals surface area contributed by atoms with Gasteiger partial charge < -0.3 is 15.5 Å². The van der Waals surface area contributed by atoms with E-state index in [1.54, 1.807) is 11.0 Å². The first-order valence-electron chi connectivity index (χ1n) is 6.06. The standard InChI is InChI=1S/C13H18FN3O/c1-9(8-15)13(18)17-6-5-16(2)12-7-10(14)3-4-11(12)17/h3-4,7,9H,5-6,8,15H2,1-2H3. The van der Waals surface area contributed by atoms with Crippen LogP contribution in [0.15, 0.2) is 18.2 Å². The van der Waals surface area contributed by atoms with E-state index in [2.05, 4.69) is 0 Å². The van der Waals surface area contributed by atoms with Crippen LogP contribution in [0.25, 0.3) is 0 Å². The molecule has 4 nitrogen and oxygen atoms in total. The molecule has 1 unspecified atom stereocenters. The lowest BCUT2D eigenvalue weighted by molar-refractivity contribution is -0.121. The van der Waals surface area contributed by atoms with Gasteiger partial charge in [0.15, 0.2) is 0 Å². The molecule has 0 radical (unpaired) electrons. The summed E-state index contributed by atoms with van der Waals surface area (Å²) in [6.45, 7) is 3.43. The van der Waals surface area contributed by atoms with Crippen LogP contribution in [0.4, 0.5) is 15.8 Å². The van der Waals surface area contributed by atoms with Gasteiger partial charge in [0.1, 0.15) is 5.82 Å². The molecule has 0 saturated heterocycles. The van der Waals surface area contributed by atoms with Gasteiger partial charge in [0.2, 0.25) is 5.91 Å². The maximum Gasteiger partial charge on any atom is 0.231 e. The molecule has 1 aromatic carbocycles. The van der Waals surface area contributed by atoms with E-state index >= 15 is 0 Å². The first-order chi connectivity index (χ1) is 8.54. The van der Waals surface area contributed by atoms with E-state index in [1.807, 2.05) is 18.9 Å². The van der Waals surface area contributed by atoms with Gasteiger partial charge >= 0.3 is 0 Å². The quantitative estimate of drug-likeness (QED) is 0.859. The number of hydrogen-bond donors (Lipinski definition) is 1. The zero-order valence-corrected chi connectivity index (χ0v) is 10.7. The number of anilines is 2. The van der Waals surface area contributed by atoms with Crippen molar-refractivity contribution < 1.29 is 9.18 Å². The predicted molar refractivity (Wildman–Crippen MR) is 70.2 cm³/mol. The molecular formula is C13H18FN3O. The number of amides is 1. The smallest absolute Gasteiger partial charge is 0.231 e. The molecule has 0 fully saturated rings. The summed E-state index contributed by atoms with van der Waals surface area (Å²) >= 11 is 0. The number of nitrogens with zero attached hydrogens (tertiary/aromatic N) is 2. The highest BCUT2D eigenvalue weighted by Gasteiger charge is 2.27. The summed E-state index contributed by atoms with van der Waals surface area (Å²) in [4.78, 5) is 15.9. The Labute approximate surface area is 106 Å². The molecule has 1 aliphatic rings. The Morgan fingerprint density at radius 2 is 2.17 bits per heavy atom. The van der Waals surface area contributed by atoms with Crippen LogP contribution in [0.1, 0.15) is 6.92 Å². The van der Waals surface area contributed by atoms with Gasteiger partial charge in [0, 0.05) is 32.6 Å². The van der Waals surface area contributed by atoms with Crippen molar-refractivity contribution in [3.8, 4) is 0 Å². The van der Waals surface area contributed by atoms with Crippen LogP contribution in [0.5, 0.6) is 0 Å². The van der Waals surface area contributed by atoms with Gasteiger partial charge in [-0.3, -0.25) is 4.79 Å². The van der Waals surface area contributed by atoms with Gasteiger partial charge in [0.05, 0.1) is 11.4 Å². The monoisotopic (exact) mass is 251 g/mol. The average Bonchev–Trinajstić information content (AvgIpc) is 2.38. The van der Waals surface area contributed by atoms with Gasteiger partial charge in [-0.25, -0.2) is 4.39 Å². The zero-order valence-electron chi connectivity index (χ0n) is 10.7. The van der Waals surface area contributed by atoms with E-state index in [0.29, 0.717) is 19.6 Å². The molecule has 1 aromatic rings. The summed E-state index contributed by atoms with van der Waals surface area (Å²) in [5, 5.41) is 0. The summed E-state index contributed by atoms with van der Waals surface area (Å²) < 4.78 is 13.3. The average molecular weight is 251 g/mol. The van der Waals surface area contributed by atoms with E-state index in [1.165, 1.54) is 12.1 Å². The van der Waals surface area contributed by atoms with Crippen molar-refractivity contribution in [3.63, 3.8) is 0 Å². The Kier molecular flexibility index (Phi) is 3.52. The molecule has 1 amide bonds. The van der Waals surface area contributed by atoms with Gasteiger partial charge in [0.25, 0.3) is 0 Å². The Morgan fingerprint density at radius 3 is 2.83 bits per heavy atom. The molecule has 1 heterocycles. The second kappa shape index (κ2) is 4.94. The summed E-state index contributed by atoms with van der Waals surface area (Å²) in [7, 11) is 1.90. The minimum absolute atomic E-state index is 0.00143. The van der Waals surface area contributed by atoms with Crippen molar-refractivity contribution >= 4 is 17.3 Å². The van der Waals surface area contributed by atoms with Crippen molar-refractivity contribution in [2.75, 3.05) is 36.5 Å². The summed E-state index contributed by atoms with van der Waals surface area (Å²) in [5.41, 5.74) is 7.04. The fraction of sp³-hybridized carbons (Fsp3) is 0.462. The van der Waals surface area contributed by atoms with Crippen molar-refractivity contribution in [2.24, 2.45) is 11.7 Å². The number of likely N-dealkylation sites (N-methyl/N-ethyl adjacent to an activating group) is 1. The van der Waals surface area contributed by atoms with E-state index in [9.17, 15) is 9.18 Å². The van der Waals surface area contributed by atoms with Crippen LogP contribution in [0, 0.1) is 11.7 Å². The lowest BCUT2D eigenvalue weighted by atomic mass is 10.1. The number of rotatable bonds is 2. The molecule has 5 heteroatoms. The molecule has 0 spiro atoms. The fourth-order valence-corrected chi connectivity index (χ4v) is 2.12. The van der Waals surface area contributed by atoms with Crippen LogP contribution in [-0.2, 0) is 4.79 Å². The van der Waals surface area contributed by atoms with Crippen LogP contribution in [0.2, 0.25) is 0 Å². The Hall–Kier alpha value is -1.62. The predicted octanol–water partition coefficient (Wildman–Crippen LogP) is 1.20. The molecule has 0 bridgehead atoms.